The summed E-state index contributed by atoms with van der Waals surface area (Å²) in [6.07, 6.45) is 2.87. The van der Waals surface area contributed by atoms with E-state index in [2.05, 4.69) is 4.74 Å². The Bertz CT molecular complexity index is 1060. The molecule has 3 aromatic rings. The summed E-state index contributed by atoms with van der Waals surface area (Å²) < 4.78 is 32.2. The monoisotopic (exact) mass is 355 g/mol. The lowest BCUT2D eigenvalue weighted by atomic mass is 10.1. The van der Waals surface area contributed by atoms with Crippen LogP contribution in [0.5, 0.6) is 0 Å². The van der Waals surface area contributed by atoms with E-state index in [1.807, 2.05) is 12.1 Å². The summed E-state index contributed by atoms with van der Waals surface area (Å²) in [5.74, 6) is -0.498. The van der Waals surface area contributed by atoms with E-state index in [1.165, 1.54) is 17.2 Å². The van der Waals surface area contributed by atoms with E-state index in [9.17, 15) is 13.2 Å². The maximum absolute atomic E-state index is 13.1. The zero-order valence-electron chi connectivity index (χ0n) is 13.8. The average Bonchev–Trinajstić information content (AvgIpc) is 2.92. The molecule has 6 heteroatoms. The van der Waals surface area contributed by atoms with Gasteiger partial charge in [0.1, 0.15) is 0 Å². The summed E-state index contributed by atoms with van der Waals surface area (Å²) in [7, 11) is -2.46. The van der Waals surface area contributed by atoms with Crippen LogP contribution < -0.4 is 0 Å². The Kier molecular flexibility index (Phi) is 4.46. The summed E-state index contributed by atoms with van der Waals surface area (Å²) in [4.78, 5) is 11.6. The van der Waals surface area contributed by atoms with Crippen LogP contribution in [0.2, 0.25) is 0 Å². The molecule has 0 aliphatic carbocycles. The molecule has 0 radical (unpaired) electrons. The van der Waals surface area contributed by atoms with Gasteiger partial charge in [-0.25, -0.2) is 17.2 Å². The van der Waals surface area contributed by atoms with E-state index in [0.717, 1.165) is 5.39 Å². The standard InChI is InChI=1S/C19H17NO4S/c1-14-16(12-13-19(21)24-2)17-10-6-7-11-18(17)20(14)25(22,23)15-8-4-3-5-9-15/h3-13H,1-2H3/b13-12+. The zero-order chi connectivity index (χ0) is 18.0. The third-order valence-corrected chi connectivity index (χ3v) is 5.80. The second kappa shape index (κ2) is 6.57. The van der Waals surface area contributed by atoms with Crippen molar-refractivity contribution in [2.45, 2.75) is 11.8 Å². The van der Waals surface area contributed by atoms with E-state index in [4.69, 9.17) is 0 Å². The molecule has 5 nitrogen and oxygen atoms in total. The molecular formula is C19H17NO4S. The lowest BCUT2D eigenvalue weighted by Crippen LogP contribution is -2.14. The van der Waals surface area contributed by atoms with Crippen molar-refractivity contribution in [2.24, 2.45) is 0 Å². The third-order valence-electron chi connectivity index (χ3n) is 3.98. The van der Waals surface area contributed by atoms with Crippen molar-refractivity contribution in [3.05, 3.63) is 71.9 Å². The van der Waals surface area contributed by atoms with Gasteiger partial charge >= 0.3 is 5.97 Å². The zero-order valence-corrected chi connectivity index (χ0v) is 14.7. The smallest absolute Gasteiger partial charge is 0.330 e. The fourth-order valence-corrected chi connectivity index (χ4v) is 4.39. The molecule has 0 N–H and O–H groups in total. The minimum absolute atomic E-state index is 0.211. The molecule has 25 heavy (non-hydrogen) atoms. The van der Waals surface area contributed by atoms with E-state index < -0.39 is 16.0 Å². The van der Waals surface area contributed by atoms with Crippen molar-refractivity contribution in [1.82, 2.24) is 3.97 Å². The molecule has 128 valence electrons. The first-order valence-corrected chi connectivity index (χ1v) is 9.07. The Labute approximate surface area is 146 Å². The van der Waals surface area contributed by atoms with E-state index in [-0.39, 0.29) is 4.90 Å². The van der Waals surface area contributed by atoms with Gasteiger partial charge in [-0.15, -0.1) is 0 Å². The first kappa shape index (κ1) is 17.0. The fourth-order valence-electron chi connectivity index (χ4n) is 2.80. The number of rotatable bonds is 4. The number of esters is 1. The SMILES string of the molecule is COC(=O)/C=C/c1c(C)n(S(=O)(=O)c2ccccc2)c2ccccc12. The number of ether oxygens (including phenoxy) is 1. The molecule has 2 aromatic carbocycles. The Morgan fingerprint density at radius 2 is 1.68 bits per heavy atom. The summed E-state index contributed by atoms with van der Waals surface area (Å²) in [5, 5.41) is 0.750. The number of para-hydroxylation sites is 1. The minimum Gasteiger partial charge on any atom is -0.466 e. The summed E-state index contributed by atoms with van der Waals surface area (Å²) in [5.41, 5.74) is 1.76. The maximum Gasteiger partial charge on any atom is 0.330 e. The molecule has 0 atom stereocenters. The van der Waals surface area contributed by atoms with E-state index >= 15 is 0 Å². The summed E-state index contributed by atoms with van der Waals surface area (Å²) in [6, 6.07) is 15.5. The lowest BCUT2D eigenvalue weighted by molar-refractivity contribution is -0.134. The molecule has 0 aliphatic heterocycles. The maximum atomic E-state index is 13.1. The molecule has 0 fully saturated rings. The lowest BCUT2D eigenvalue weighted by Gasteiger charge is -2.10. The number of carbonyl (C=O) groups excluding carboxylic acids is 1. The van der Waals surface area contributed by atoms with Gasteiger partial charge in [0.25, 0.3) is 10.0 Å². The Morgan fingerprint density at radius 3 is 2.36 bits per heavy atom. The Balaban J connectivity index is 2.29. The van der Waals surface area contributed by atoms with Gasteiger partial charge in [-0.3, -0.25) is 0 Å². The number of aromatic nitrogens is 1. The molecule has 0 saturated heterocycles. The van der Waals surface area contributed by atoms with Crippen molar-refractivity contribution >= 4 is 33.0 Å². The number of hydrogen-bond acceptors (Lipinski definition) is 4. The quantitative estimate of drug-likeness (QED) is 0.532. The van der Waals surface area contributed by atoms with Gasteiger partial charge in [0.15, 0.2) is 0 Å². The van der Waals surface area contributed by atoms with Crippen LogP contribution in [-0.4, -0.2) is 25.5 Å². The molecule has 0 spiro atoms. The second-order valence-electron chi connectivity index (χ2n) is 5.46. The topological polar surface area (TPSA) is 65.4 Å². The van der Waals surface area contributed by atoms with Crippen molar-refractivity contribution in [2.75, 3.05) is 7.11 Å². The number of nitrogens with zero attached hydrogens (tertiary/aromatic N) is 1. The molecule has 0 bridgehead atoms. The number of hydrogen-bond donors (Lipinski definition) is 0. The summed E-state index contributed by atoms with van der Waals surface area (Å²) >= 11 is 0. The number of methoxy groups -OCH3 is 1. The van der Waals surface area contributed by atoms with Crippen LogP contribution in [0.4, 0.5) is 0 Å². The molecule has 0 amide bonds. The van der Waals surface area contributed by atoms with Crippen LogP contribution in [0, 0.1) is 6.92 Å². The highest BCUT2D eigenvalue weighted by molar-refractivity contribution is 7.90. The van der Waals surface area contributed by atoms with Crippen LogP contribution in [0.3, 0.4) is 0 Å². The van der Waals surface area contributed by atoms with Crippen LogP contribution >= 0.6 is 0 Å². The summed E-state index contributed by atoms with van der Waals surface area (Å²) in [6.45, 7) is 1.72. The van der Waals surface area contributed by atoms with Crippen LogP contribution in [0.15, 0.2) is 65.6 Å². The Hall–Kier alpha value is -2.86. The van der Waals surface area contributed by atoms with Gasteiger partial charge < -0.3 is 4.74 Å². The van der Waals surface area contributed by atoms with Crippen LogP contribution in [0.1, 0.15) is 11.3 Å². The molecule has 0 aliphatic rings. The number of carbonyl (C=O) groups is 1. The number of fused-ring (bicyclic) bond motifs is 1. The normalized spacial score (nSPS) is 11.9. The highest BCUT2D eigenvalue weighted by Crippen LogP contribution is 2.30. The fraction of sp³-hybridized carbons (Fsp3) is 0.105. The molecule has 1 aromatic heterocycles. The van der Waals surface area contributed by atoms with Crippen molar-refractivity contribution < 1.29 is 17.9 Å². The van der Waals surface area contributed by atoms with Gasteiger partial charge in [-0.1, -0.05) is 36.4 Å². The van der Waals surface area contributed by atoms with Gasteiger partial charge in [0.05, 0.1) is 17.5 Å². The molecule has 0 unspecified atom stereocenters. The van der Waals surface area contributed by atoms with Gasteiger partial charge in [0, 0.05) is 22.7 Å². The molecule has 3 rings (SSSR count). The van der Waals surface area contributed by atoms with Crippen LogP contribution in [-0.2, 0) is 19.6 Å². The molecule has 0 saturated carbocycles. The van der Waals surface area contributed by atoms with Crippen molar-refractivity contribution in [1.29, 1.82) is 0 Å². The average molecular weight is 355 g/mol. The van der Waals surface area contributed by atoms with Gasteiger partial charge in [0.2, 0.25) is 0 Å². The Morgan fingerprint density at radius 1 is 1.04 bits per heavy atom. The first-order chi connectivity index (χ1) is 12.0. The van der Waals surface area contributed by atoms with Gasteiger partial charge in [-0.05, 0) is 31.2 Å². The van der Waals surface area contributed by atoms with Crippen molar-refractivity contribution in [3.8, 4) is 0 Å². The van der Waals surface area contributed by atoms with Gasteiger partial charge in [-0.2, -0.15) is 0 Å². The van der Waals surface area contributed by atoms with Crippen molar-refractivity contribution in [3.63, 3.8) is 0 Å². The predicted molar refractivity (Wildman–Crippen MR) is 96.8 cm³/mol. The third kappa shape index (κ3) is 2.96. The van der Waals surface area contributed by atoms with Crippen LogP contribution in [0.25, 0.3) is 17.0 Å². The predicted octanol–water partition coefficient (Wildman–Crippen LogP) is 3.37. The van der Waals surface area contributed by atoms with E-state index in [0.29, 0.717) is 16.8 Å². The number of benzene rings is 2. The van der Waals surface area contributed by atoms with E-state index in [1.54, 1.807) is 55.5 Å². The molecular weight excluding hydrogens is 338 g/mol. The largest absolute Gasteiger partial charge is 0.466 e. The molecule has 1 heterocycles. The first-order valence-electron chi connectivity index (χ1n) is 7.63. The minimum atomic E-state index is -3.75. The highest BCUT2D eigenvalue weighted by Gasteiger charge is 2.23. The highest BCUT2D eigenvalue weighted by atomic mass is 32.2. The second-order valence-corrected chi connectivity index (χ2v) is 7.24.